The molecule has 2 nitrogen and oxygen atoms in total. The lowest BCUT2D eigenvalue weighted by atomic mass is 10.2. The van der Waals surface area contributed by atoms with Crippen LogP contribution in [0.4, 0.5) is 0 Å². The number of likely N-dealkylation sites (tertiary alicyclic amines) is 1. The lowest BCUT2D eigenvalue weighted by molar-refractivity contribution is 0.124. The van der Waals surface area contributed by atoms with Gasteiger partial charge in [-0.1, -0.05) is 48.6 Å². The van der Waals surface area contributed by atoms with Crippen LogP contribution in [0.3, 0.4) is 0 Å². The van der Waals surface area contributed by atoms with Gasteiger partial charge in [-0.2, -0.15) is 0 Å². The molecule has 1 saturated heterocycles. The molecule has 0 amide bonds. The molecule has 1 atom stereocenters. The van der Waals surface area contributed by atoms with Crippen molar-refractivity contribution in [2.24, 2.45) is 0 Å². The fraction of sp³-hybridized carbons (Fsp3) is 0.600. The van der Waals surface area contributed by atoms with Crippen molar-refractivity contribution >= 4 is 13.3 Å². The summed E-state index contributed by atoms with van der Waals surface area (Å²) in [5, 5.41) is 1.56. The topological polar surface area (TPSA) is 12.5 Å². The predicted octanol–water partition coefficient (Wildman–Crippen LogP) is 2.25. The third-order valence-corrected chi connectivity index (χ3v) is 7.10. The Balaban J connectivity index is 2.03. The Bertz CT molecular complexity index is 366. The number of hydrogen-bond acceptors (Lipinski definition) is 2. The van der Waals surface area contributed by atoms with E-state index in [1.807, 2.05) is 7.11 Å². The average molecular weight is 263 g/mol. The Hall–Kier alpha value is -0.643. The minimum absolute atomic E-state index is 0.644. The number of ether oxygens (including phenoxy) is 1. The van der Waals surface area contributed by atoms with Crippen molar-refractivity contribution in [2.45, 2.75) is 32.0 Å². The third kappa shape index (κ3) is 3.22. The highest BCUT2D eigenvalue weighted by Gasteiger charge is 2.32. The lowest BCUT2D eigenvalue weighted by Crippen LogP contribution is -2.53. The molecule has 0 bridgehead atoms. The van der Waals surface area contributed by atoms with Gasteiger partial charge >= 0.3 is 0 Å². The molecule has 0 unspecified atom stereocenters. The summed E-state index contributed by atoms with van der Waals surface area (Å²) < 4.78 is 5.35. The van der Waals surface area contributed by atoms with Gasteiger partial charge in [-0.15, -0.1) is 0 Å². The molecule has 0 N–H and O–H groups in total. The summed E-state index contributed by atoms with van der Waals surface area (Å²) in [5.74, 6) is 0. The zero-order valence-corrected chi connectivity index (χ0v) is 12.9. The minimum atomic E-state index is -1.34. The molecule has 1 aliphatic heterocycles. The van der Waals surface area contributed by atoms with E-state index < -0.39 is 8.07 Å². The molecule has 3 heteroatoms. The smallest absolute Gasteiger partial charge is 0.0948 e. The minimum Gasteiger partial charge on any atom is -0.383 e. The molecule has 1 aromatic carbocycles. The van der Waals surface area contributed by atoms with Crippen LogP contribution in [0.5, 0.6) is 0 Å². The van der Waals surface area contributed by atoms with Crippen LogP contribution >= 0.6 is 0 Å². The van der Waals surface area contributed by atoms with Crippen LogP contribution in [0.15, 0.2) is 30.3 Å². The highest BCUT2D eigenvalue weighted by Crippen LogP contribution is 2.19. The van der Waals surface area contributed by atoms with Gasteiger partial charge in [0.15, 0.2) is 0 Å². The number of benzene rings is 1. The molecule has 0 saturated carbocycles. The van der Waals surface area contributed by atoms with Crippen LogP contribution in [0, 0.1) is 0 Å². The molecule has 1 heterocycles. The monoisotopic (exact) mass is 263 g/mol. The van der Waals surface area contributed by atoms with Crippen molar-refractivity contribution in [1.82, 2.24) is 4.90 Å². The van der Waals surface area contributed by atoms with E-state index in [-0.39, 0.29) is 0 Å². The summed E-state index contributed by atoms with van der Waals surface area (Å²) in [6.45, 7) is 7.09. The van der Waals surface area contributed by atoms with Gasteiger partial charge in [0.1, 0.15) is 0 Å². The molecule has 100 valence electrons. The highest BCUT2D eigenvalue weighted by molar-refractivity contribution is 6.89. The Kier molecular flexibility index (Phi) is 4.59. The Morgan fingerprint density at radius 1 is 1.28 bits per heavy atom. The summed E-state index contributed by atoms with van der Waals surface area (Å²) in [6, 6.07) is 11.7. The summed E-state index contributed by atoms with van der Waals surface area (Å²) in [4.78, 5) is 2.66. The largest absolute Gasteiger partial charge is 0.383 e. The summed E-state index contributed by atoms with van der Waals surface area (Å²) in [5.41, 5.74) is 0. The molecule has 1 aromatic rings. The maximum atomic E-state index is 5.35. The number of nitrogens with zero attached hydrogens (tertiary/aromatic N) is 1. The molecule has 0 spiro atoms. The van der Waals surface area contributed by atoms with E-state index in [1.54, 1.807) is 5.19 Å². The van der Waals surface area contributed by atoms with Gasteiger partial charge in [0.25, 0.3) is 0 Å². The van der Waals surface area contributed by atoms with Crippen LogP contribution < -0.4 is 5.19 Å². The first-order chi connectivity index (χ1) is 8.63. The van der Waals surface area contributed by atoms with Gasteiger partial charge in [-0.25, -0.2) is 0 Å². The SMILES string of the molecule is COC[C@@H]1CCCN1C[Si](C)(C)c1ccccc1. The second-order valence-corrected chi connectivity index (χ2v) is 10.6. The van der Waals surface area contributed by atoms with Gasteiger partial charge in [-0.3, -0.25) is 0 Å². The zero-order chi connectivity index (χ0) is 13.0. The first-order valence-corrected chi connectivity index (χ1v) is 10.1. The molecule has 0 radical (unpaired) electrons. The Morgan fingerprint density at radius 2 is 2.00 bits per heavy atom. The molecule has 18 heavy (non-hydrogen) atoms. The molecular formula is C15H25NOSi. The standard InChI is InChI=1S/C15H25NOSi/c1-17-12-14-8-7-11-16(14)13-18(2,3)15-9-5-4-6-10-15/h4-6,9-10,14H,7-8,11-13H2,1-3H3/t14-/m0/s1. The molecule has 0 aliphatic carbocycles. The molecule has 1 aliphatic rings. The lowest BCUT2D eigenvalue weighted by Gasteiger charge is -2.32. The van der Waals surface area contributed by atoms with Crippen LogP contribution in [0.2, 0.25) is 13.1 Å². The molecule has 0 aromatic heterocycles. The first kappa shape index (κ1) is 13.8. The van der Waals surface area contributed by atoms with Crippen molar-refractivity contribution in [3.63, 3.8) is 0 Å². The van der Waals surface area contributed by atoms with E-state index >= 15 is 0 Å². The summed E-state index contributed by atoms with van der Waals surface area (Å²) in [7, 11) is 0.471. The van der Waals surface area contributed by atoms with Crippen molar-refractivity contribution in [1.29, 1.82) is 0 Å². The zero-order valence-electron chi connectivity index (χ0n) is 11.9. The molecule has 1 fully saturated rings. The van der Waals surface area contributed by atoms with E-state index in [4.69, 9.17) is 4.74 Å². The van der Waals surface area contributed by atoms with Gasteiger partial charge in [0.2, 0.25) is 0 Å². The van der Waals surface area contributed by atoms with Crippen LogP contribution in [0.1, 0.15) is 12.8 Å². The summed E-state index contributed by atoms with van der Waals surface area (Å²) in [6.07, 6.45) is 3.88. The van der Waals surface area contributed by atoms with Crippen LogP contribution in [0.25, 0.3) is 0 Å². The van der Waals surface area contributed by atoms with Gasteiger partial charge in [0, 0.05) is 13.2 Å². The van der Waals surface area contributed by atoms with Crippen LogP contribution in [-0.4, -0.2) is 45.4 Å². The van der Waals surface area contributed by atoms with Gasteiger partial charge < -0.3 is 9.64 Å². The highest BCUT2D eigenvalue weighted by atomic mass is 28.3. The Labute approximate surface area is 112 Å². The molecule has 2 rings (SSSR count). The summed E-state index contributed by atoms with van der Waals surface area (Å²) >= 11 is 0. The van der Waals surface area contributed by atoms with E-state index in [1.165, 1.54) is 25.6 Å². The van der Waals surface area contributed by atoms with E-state index in [9.17, 15) is 0 Å². The third-order valence-electron chi connectivity index (χ3n) is 4.01. The fourth-order valence-electron chi connectivity index (χ4n) is 2.97. The number of methoxy groups -OCH3 is 1. The van der Waals surface area contributed by atoms with E-state index in [0.717, 1.165) is 6.61 Å². The normalized spacial score (nSPS) is 21.4. The number of hydrogen-bond donors (Lipinski definition) is 0. The van der Waals surface area contributed by atoms with Crippen molar-refractivity contribution in [3.05, 3.63) is 30.3 Å². The van der Waals surface area contributed by atoms with E-state index in [0.29, 0.717) is 6.04 Å². The predicted molar refractivity (Wildman–Crippen MR) is 80.0 cm³/mol. The average Bonchev–Trinajstić information content (AvgIpc) is 2.78. The maximum absolute atomic E-state index is 5.35. The van der Waals surface area contributed by atoms with Crippen molar-refractivity contribution in [3.8, 4) is 0 Å². The maximum Gasteiger partial charge on any atom is 0.0948 e. The second kappa shape index (κ2) is 6.00. The van der Waals surface area contributed by atoms with E-state index in [2.05, 4.69) is 48.3 Å². The van der Waals surface area contributed by atoms with Crippen LogP contribution in [-0.2, 0) is 4.74 Å². The van der Waals surface area contributed by atoms with Crippen molar-refractivity contribution < 1.29 is 4.74 Å². The van der Waals surface area contributed by atoms with Gasteiger partial charge in [0.05, 0.1) is 14.7 Å². The molecular weight excluding hydrogens is 238 g/mol. The number of rotatable bonds is 5. The quantitative estimate of drug-likeness (QED) is 0.756. The Morgan fingerprint density at radius 3 is 2.67 bits per heavy atom. The first-order valence-electron chi connectivity index (χ1n) is 6.92. The second-order valence-electron chi connectivity index (χ2n) is 5.97. The fourth-order valence-corrected chi connectivity index (χ4v) is 5.68. The van der Waals surface area contributed by atoms with Gasteiger partial charge in [-0.05, 0) is 25.6 Å². The van der Waals surface area contributed by atoms with Crippen molar-refractivity contribution in [2.75, 3.05) is 26.4 Å².